The first kappa shape index (κ1) is 11.4. The number of hydrogen-bond acceptors (Lipinski definition) is 2. The maximum Gasteiger partial charge on any atom is 0.165 e. The van der Waals surface area contributed by atoms with Crippen molar-refractivity contribution in [3.63, 3.8) is 0 Å². The van der Waals surface area contributed by atoms with E-state index in [0.717, 1.165) is 19.3 Å². The quantitative estimate of drug-likeness (QED) is 0.850. The van der Waals surface area contributed by atoms with Crippen molar-refractivity contribution in [3.05, 3.63) is 30.1 Å². The molecule has 1 saturated carbocycles. The Hall–Kier alpha value is -1.09. The van der Waals surface area contributed by atoms with Crippen LogP contribution in [0.2, 0.25) is 0 Å². The molecule has 3 heteroatoms. The molecule has 1 N–H and O–H groups in total. The van der Waals surface area contributed by atoms with E-state index in [0.29, 0.717) is 11.8 Å². The van der Waals surface area contributed by atoms with Crippen LogP contribution in [0.3, 0.4) is 0 Å². The van der Waals surface area contributed by atoms with Crippen molar-refractivity contribution < 1.29 is 9.13 Å². The molecule has 2 nitrogen and oxygen atoms in total. The second-order valence-corrected chi connectivity index (χ2v) is 4.27. The number of likely N-dealkylation sites (N-methyl/N-ethyl adjacent to an activating group) is 1. The summed E-state index contributed by atoms with van der Waals surface area (Å²) in [7, 11) is 1.94. The SMILES string of the molecule is CNC1CCCCC1Oc1ccccc1F. The van der Waals surface area contributed by atoms with Crippen LogP contribution in [0.4, 0.5) is 4.39 Å². The van der Waals surface area contributed by atoms with Crippen LogP contribution in [0.25, 0.3) is 0 Å². The van der Waals surface area contributed by atoms with Crippen LogP contribution in [0, 0.1) is 5.82 Å². The van der Waals surface area contributed by atoms with Crippen molar-refractivity contribution in [2.24, 2.45) is 0 Å². The van der Waals surface area contributed by atoms with E-state index in [1.165, 1.54) is 12.5 Å². The van der Waals surface area contributed by atoms with E-state index in [2.05, 4.69) is 5.32 Å². The lowest BCUT2D eigenvalue weighted by molar-refractivity contribution is 0.113. The van der Waals surface area contributed by atoms with Crippen molar-refractivity contribution in [2.45, 2.75) is 37.8 Å². The maximum absolute atomic E-state index is 13.4. The summed E-state index contributed by atoms with van der Waals surface area (Å²) in [6.45, 7) is 0. The molecular weight excluding hydrogens is 205 g/mol. The molecule has 2 unspecified atom stereocenters. The van der Waals surface area contributed by atoms with E-state index < -0.39 is 0 Å². The summed E-state index contributed by atoms with van der Waals surface area (Å²) in [5.41, 5.74) is 0. The van der Waals surface area contributed by atoms with Gasteiger partial charge < -0.3 is 10.1 Å². The lowest BCUT2D eigenvalue weighted by Gasteiger charge is -2.31. The third-order valence-electron chi connectivity index (χ3n) is 3.19. The first-order valence-electron chi connectivity index (χ1n) is 5.89. The minimum atomic E-state index is -0.275. The fourth-order valence-electron chi connectivity index (χ4n) is 2.27. The second-order valence-electron chi connectivity index (χ2n) is 4.27. The highest BCUT2D eigenvalue weighted by Crippen LogP contribution is 2.25. The van der Waals surface area contributed by atoms with E-state index in [-0.39, 0.29) is 11.9 Å². The van der Waals surface area contributed by atoms with Crippen LogP contribution in [0.5, 0.6) is 5.75 Å². The molecule has 0 amide bonds. The van der Waals surface area contributed by atoms with Crippen LogP contribution >= 0.6 is 0 Å². The van der Waals surface area contributed by atoms with Crippen LogP contribution in [-0.4, -0.2) is 19.2 Å². The lowest BCUT2D eigenvalue weighted by atomic mass is 9.92. The molecule has 2 atom stereocenters. The van der Waals surface area contributed by atoms with E-state index in [1.807, 2.05) is 7.05 Å². The van der Waals surface area contributed by atoms with Gasteiger partial charge in [0.05, 0.1) is 0 Å². The molecule has 0 saturated heterocycles. The van der Waals surface area contributed by atoms with Crippen LogP contribution in [0.15, 0.2) is 24.3 Å². The Bertz CT molecular complexity index is 342. The average molecular weight is 223 g/mol. The Kier molecular flexibility index (Phi) is 3.78. The monoisotopic (exact) mass is 223 g/mol. The van der Waals surface area contributed by atoms with E-state index in [1.54, 1.807) is 18.2 Å². The molecule has 1 fully saturated rings. The zero-order chi connectivity index (χ0) is 11.4. The smallest absolute Gasteiger partial charge is 0.165 e. The molecule has 16 heavy (non-hydrogen) atoms. The summed E-state index contributed by atoms with van der Waals surface area (Å²) in [6.07, 6.45) is 4.59. The molecular formula is C13H18FNO. The number of ether oxygens (including phenoxy) is 1. The van der Waals surface area contributed by atoms with Gasteiger partial charge in [-0.3, -0.25) is 0 Å². The number of benzene rings is 1. The number of rotatable bonds is 3. The zero-order valence-electron chi connectivity index (χ0n) is 9.58. The number of halogens is 1. The summed E-state index contributed by atoms with van der Waals surface area (Å²) < 4.78 is 19.2. The van der Waals surface area contributed by atoms with Crippen molar-refractivity contribution in [1.29, 1.82) is 0 Å². The van der Waals surface area contributed by atoms with Gasteiger partial charge in [0.25, 0.3) is 0 Å². The van der Waals surface area contributed by atoms with Crippen LogP contribution < -0.4 is 10.1 Å². The molecule has 1 aliphatic rings. The molecule has 1 aromatic carbocycles. The van der Waals surface area contributed by atoms with Gasteiger partial charge in [-0.15, -0.1) is 0 Å². The molecule has 1 aliphatic carbocycles. The molecule has 0 radical (unpaired) electrons. The predicted molar refractivity (Wildman–Crippen MR) is 62.1 cm³/mol. The molecule has 1 aromatic rings. The highest BCUT2D eigenvalue weighted by molar-refractivity contribution is 5.24. The standard InChI is InChI=1S/C13H18FNO/c1-15-11-7-3-5-9-13(11)16-12-8-4-2-6-10(12)14/h2,4,6,8,11,13,15H,3,5,7,9H2,1H3. The van der Waals surface area contributed by atoms with Gasteiger partial charge >= 0.3 is 0 Å². The topological polar surface area (TPSA) is 21.3 Å². The van der Waals surface area contributed by atoms with E-state index in [4.69, 9.17) is 4.74 Å². The summed E-state index contributed by atoms with van der Waals surface area (Å²) in [5.74, 6) is 0.0950. The molecule has 88 valence electrons. The van der Waals surface area contributed by atoms with Gasteiger partial charge in [-0.2, -0.15) is 0 Å². The minimum Gasteiger partial charge on any atom is -0.486 e. The third-order valence-corrected chi connectivity index (χ3v) is 3.19. The van der Waals surface area contributed by atoms with Gasteiger partial charge in [-0.1, -0.05) is 18.6 Å². The largest absolute Gasteiger partial charge is 0.486 e. The number of para-hydroxylation sites is 1. The fourth-order valence-corrected chi connectivity index (χ4v) is 2.27. The second kappa shape index (κ2) is 5.30. The molecule has 0 heterocycles. The Morgan fingerprint density at radius 3 is 2.75 bits per heavy atom. The van der Waals surface area contributed by atoms with E-state index >= 15 is 0 Å². The van der Waals surface area contributed by atoms with Gasteiger partial charge in [-0.25, -0.2) is 4.39 Å². The number of nitrogens with one attached hydrogen (secondary N) is 1. The number of hydrogen-bond donors (Lipinski definition) is 1. The van der Waals surface area contributed by atoms with Crippen LogP contribution in [-0.2, 0) is 0 Å². The average Bonchev–Trinajstić information content (AvgIpc) is 2.33. The summed E-state index contributed by atoms with van der Waals surface area (Å²) >= 11 is 0. The molecule has 0 spiro atoms. The molecule has 0 bridgehead atoms. The first-order chi connectivity index (χ1) is 7.81. The normalized spacial score (nSPS) is 25.4. The van der Waals surface area contributed by atoms with Crippen molar-refractivity contribution >= 4 is 0 Å². The highest BCUT2D eigenvalue weighted by atomic mass is 19.1. The van der Waals surface area contributed by atoms with Crippen LogP contribution in [0.1, 0.15) is 25.7 Å². The van der Waals surface area contributed by atoms with Gasteiger partial charge in [0.15, 0.2) is 11.6 Å². The third kappa shape index (κ3) is 2.53. The summed E-state index contributed by atoms with van der Waals surface area (Å²) in [4.78, 5) is 0. The Balaban J connectivity index is 2.05. The van der Waals surface area contributed by atoms with Gasteiger partial charge in [0, 0.05) is 6.04 Å². The summed E-state index contributed by atoms with van der Waals surface area (Å²) in [5, 5.41) is 3.25. The van der Waals surface area contributed by atoms with Gasteiger partial charge in [-0.05, 0) is 38.4 Å². The zero-order valence-corrected chi connectivity index (χ0v) is 9.58. The van der Waals surface area contributed by atoms with Crippen molar-refractivity contribution in [2.75, 3.05) is 7.05 Å². The maximum atomic E-state index is 13.4. The fraction of sp³-hybridized carbons (Fsp3) is 0.538. The Morgan fingerprint density at radius 2 is 2.00 bits per heavy atom. The first-order valence-corrected chi connectivity index (χ1v) is 5.89. The van der Waals surface area contributed by atoms with Gasteiger partial charge in [0.2, 0.25) is 0 Å². The highest BCUT2D eigenvalue weighted by Gasteiger charge is 2.25. The minimum absolute atomic E-state index is 0.0932. The molecule has 2 rings (SSSR count). The Labute approximate surface area is 95.8 Å². The lowest BCUT2D eigenvalue weighted by Crippen LogP contribution is -2.43. The molecule has 0 aliphatic heterocycles. The Morgan fingerprint density at radius 1 is 1.25 bits per heavy atom. The van der Waals surface area contributed by atoms with Gasteiger partial charge in [0.1, 0.15) is 6.10 Å². The van der Waals surface area contributed by atoms with Crippen molar-refractivity contribution in [1.82, 2.24) is 5.32 Å². The van der Waals surface area contributed by atoms with E-state index in [9.17, 15) is 4.39 Å². The predicted octanol–water partition coefficient (Wildman–Crippen LogP) is 2.74. The van der Waals surface area contributed by atoms with Crippen molar-refractivity contribution in [3.8, 4) is 5.75 Å². The summed E-state index contributed by atoms with van der Waals surface area (Å²) in [6, 6.07) is 6.95. The molecule has 0 aromatic heterocycles.